The van der Waals surface area contributed by atoms with E-state index in [0.29, 0.717) is 72.9 Å². The molecule has 5 heterocycles. The molecule has 2 saturated heterocycles. The number of carbonyl (C=O) groups is 6. The minimum atomic E-state index is -4.59. The van der Waals surface area contributed by atoms with E-state index in [4.69, 9.17) is 9.57 Å². The summed E-state index contributed by atoms with van der Waals surface area (Å²) in [7, 11) is -9.12. The Labute approximate surface area is 364 Å². The van der Waals surface area contributed by atoms with Gasteiger partial charge in [-0.15, -0.1) is 5.06 Å². The number of benzene rings is 1. The van der Waals surface area contributed by atoms with Crippen LogP contribution in [0.3, 0.4) is 0 Å². The third-order valence-electron chi connectivity index (χ3n) is 11.6. The smallest absolute Gasteiger partial charge is 0.333 e. The maximum Gasteiger partial charge on any atom is 0.333 e. The average molecular weight is 913 g/mol. The first-order valence-corrected chi connectivity index (χ1v) is 23.4. The number of nitrogens with zero attached hydrogens (tertiary/aromatic N) is 5. The number of amides is 4. The van der Waals surface area contributed by atoms with Crippen LogP contribution in [0.25, 0.3) is 0 Å². The Hall–Kier alpha value is -5.64. The van der Waals surface area contributed by atoms with Crippen LogP contribution in [0.5, 0.6) is 0 Å². The molecule has 4 aliphatic rings. The molecule has 4 amide bonds. The monoisotopic (exact) mass is 912 g/mol. The van der Waals surface area contributed by atoms with E-state index in [0.717, 1.165) is 22.5 Å². The standard InChI is InChI=1S/C42H49N5O14S2/c1-41(2)29-23-27(62(54,55)56)14-15-31(29)44(20-8-9-22-60-39(53)26-46-34(48)16-17-35(46)49)32(41)11-10-12-33-42(3,4)30-24-28(63(57,58)59)25-43-40(30)45(33)21-7-5-6-13-38(52)61-47-36(50)18-19-37(47)51/h10-12,14-15,23-25H,5-9,13,16-22,26H2,1-4H3,(H-,54,55,56,57,58,59)/p+1. The van der Waals surface area contributed by atoms with Crippen molar-refractivity contribution in [2.45, 2.75) is 113 Å². The third kappa shape index (κ3) is 10.1. The molecule has 0 unspecified atom stereocenters. The molecule has 338 valence electrons. The first-order valence-electron chi connectivity index (χ1n) is 20.5. The van der Waals surface area contributed by atoms with Gasteiger partial charge >= 0.3 is 17.8 Å². The second kappa shape index (κ2) is 18.2. The van der Waals surface area contributed by atoms with Crippen LogP contribution in [-0.2, 0) is 69.4 Å². The van der Waals surface area contributed by atoms with E-state index in [-0.39, 0.29) is 48.5 Å². The van der Waals surface area contributed by atoms with Crippen molar-refractivity contribution < 1.29 is 68.9 Å². The Balaban J connectivity index is 1.22. The van der Waals surface area contributed by atoms with Crippen LogP contribution in [0.1, 0.15) is 103 Å². The number of carbonyl (C=O) groups excluding carboxylic acids is 6. The fourth-order valence-electron chi connectivity index (χ4n) is 8.21. The van der Waals surface area contributed by atoms with Crippen LogP contribution in [-0.4, -0.2) is 113 Å². The van der Waals surface area contributed by atoms with Crippen molar-refractivity contribution in [3.05, 3.63) is 65.5 Å². The summed E-state index contributed by atoms with van der Waals surface area (Å²) < 4.78 is 75.7. The summed E-state index contributed by atoms with van der Waals surface area (Å²) in [6.07, 6.45) is 9.10. The van der Waals surface area contributed by atoms with Gasteiger partial charge in [0.25, 0.3) is 32.1 Å². The second-order valence-corrected chi connectivity index (χ2v) is 19.5. The van der Waals surface area contributed by atoms with Gasteiger partial charge in [0.05, 0.1) is 29.0 Å². The molecule has 21 heteroatoms. The molecule has 2 N–H and O–H groups in total. The molecule has 19 nitrogen and oxygen atoms in total. The zero-order chi connectivity index (χ0) is 46.1. The van der Waals surface area contributed by atoms with Crippen molar-refractivity contribution in [2.75, 3.05) is 31.1 Å². The lowest BCUT2D eigenvalue weighted by atomic mass is 9.81. The normalized spacial score (nSPS) is 19.0. The minimum Gasteiger partial charge on any atom is -0.464 e. The highest BCUT2D eigenvalue weighted by Gasteiger charge is 2.45. The van der Waals surface area contributed by atoms with Gasteiger partial charge < -0.3 is 14.5 Å². The molecule has 0 spiro atoms. The number of aromatic nitrogens is 1. The zero-order valence-corrected chi connectivity index (χ0v) is 37.0. The summed E-state index contributed by atoms with van der Waals surface area (Å²) >= 11 is 0. The maximum atomic E-state index is 12.4. The molecule has 2 fully saturated rings. The van der Waals surface area contributed by atoms with Gasteiger partial charge in [-0.3, -0.25) is 38.0 Å². The van der Waals surface area contributed by atoms with E-state index in [2.05, 4.69) is 4.98 Å². The molecule has 2 aromatic rings. The van der Waals surface area contributed by atoms with Crippen LogP contribution < -0.4 is 4.90 Å². The molecule has 1 aromatic carbocycles. The maximum absolute atomic E-state index is 12.4. The van der Waals surface area contributed by atoms with Gasteiger partial charge in [0.2, 0.25) is 11.8 Å². The van der Waals surface area contributed by atoms with Gasteiger partial charge in [-0.2, -0.15) is 16.8 Å². The highest BCUT2D eigenvalue weighted by atomic mass is 32.2. The molecule has 4 aliphatic heterocycles. The largest absolute Gasteiger partial charge is 0.464 e. The van der Waals surface area contributed by atoms with Gasteiger partial charge in [0, 0.05) is 55.4 Å². The highest BCUT2D eigenvalue weighted by molar-refractivity contribution is 7.86. The number of anilines is 1. The van der Waals surface area contributed by atoms with Crippen molar-refractivity contribution in [1.29, 1.82) is 0 Å². The van der Waals surface area contributed by atoms with Gasteiger partial charge in [-0.05, 0) is 92.9 Å². The lowest BCUT2D eigenvalue weighted by molar-refractivity contribution is -0.442. The molecule has 0 radical (unpaired) electrons. The first kappa shape index (κ1) is 46.9. The van der Waals surface area contributed by atoms with Crippen LogP contribution in [0.15, 0.2) is 64.2 Å². The van der Waals surface area contributed by atoms with Gasteiger partial charge in [0.15, 0.2) is 6.20 Å². The molecule has 6 rings (SSSR count). The summed E-state index contributed by atoms with van der Waals surface area (Å²) in [5.74, 6) is -2.90. The molecule has 0 aliphatic carbocycles. The summed E-state index contributed by atoms with van der Waals surface area (Å²) in [6, 6.07) is 5.75. The Morgan fingerprint density at radius 3 is 2.06 bits per heavy atom. The second-order valence-electron chi connectivity index (χ2n) is 16.7. The summed E-state index contributed by atoms with van der Waals surface area (Å²) in [6.45, 7) is 7.97. The lowest BCUT2D eigenvalue weighted by Crippen LogP contribution is -2.35. The molecular formula is C42H50N5O14S2+. The number of ether oxygens (including phenoxy) is 1. The number of unbranched alkanes of at least 4 members (excludes halogenated alkanes) is 3. The molecule has 63 heavy (non-hydrogen) atoms. The van der Waals surface area contributed by atoms with Crippen LogP contribution in [0, 0.1) is 0 Å². The number of hydrogen-bond acceptors (Lipinski definition) is 14. The van der Waals surface area contributed by atoms with Crippen molar-refractivity contribution in [1.82, 2.24) is 14.9 Å². The predicted octanol–water partition coefficient (Wildman–Crippen LogP) is 3.83. The van der Waals surface area contributed by atoms with Crippen LogP contribution in [0.2, 0.25) is 0 Å². The van der Waals surface area contributed by atoms with E-state index >= 15 is 0 Å². The molecular weight excluding hydrogens is 863 g/mol. The fourth-order valence-corrected chi connectivity index (χ4v) is 9.17. The summed E-state index contributed by atoms with van der Waals surface area (Å²) in [5, 5.41) is 0.510. The third-order valence-corrected chi connectivity index (χ3v) is 13.3. The molecule has 0 saturated carbocycles. The van der Waals surface area contributed by atoms with Crippen LogP contribution in [0.4, 0.5) is 11.5 Å². The predicted molar refractivity (Wildman–Crippen MR) is 223 cm³/mol. The van der Waals surface area contributed by atoms with E-state index < -0.39 is 73.2 Å². The van der Waals surface area contributed by atoms with Gasteiger partial charge in [-0.25, -0.2) is 9.37 Å². The van der Waals surface area contributed by atoms with Gasteiger partial charge in [0.1, 0.15) is 17.2 Å². The Morgan fingerprint density at radius 1 is 0.778 bits per heavy atom. The topological polar surface area (TPSA) is 255 Å². The Kier molecular flexibility index (Phi) is 13.6. The van der Waals surface area contributed by atoms with E-state index in [1.165, 1.54) is 18.2 Å². The number of esters is 1. The summed E-state index contributed by atoms with van der Waals surface area (Å²) in [4.78, 5) is 83.9. The number of imide groups is 2. The molecule has 0 atom stereocenters. The van der Waals surface area contributed by atoms with Crippen molar-refractivity contribution in [3.63, 3.8) is 0 Å². The Bertz CT molecular complexity index is 2550. The lowest BCUT2D eigenvalue weighted by Gasteiger charge is -2.27. The number of hydroxylamine groups is 2. The number of fused-ring (bicyclic) bond motifs is 2. The zero-order valence-electron chi connectivity index (χ0n) is 35.4. The molecule has 0 bridgehead atoms. The van der Waals surface area contributed by atoms with E-state index in [9.17, 15) is 54.7 Å². The SMILES string of the molecule is CC1(C)C(/C=C/C=C2/N(CCCCOC(=O)CN3C(=O)CCC3=O)c3ccc(S(=O)(=O)O)cc3C2(C)C)=[N+](CCCCCC(=O)ON2C(=O)CCC2=O)c2ncc(S(=O)(=O)O)cc21. The first-order chi connectivity index (χ1) is 29.5. The average Bonchev–Trinajstić information content (AvgIpc) is 3.83. The highest BCUT2D eigenvalue weighted by Crippen LogP contribution is 2.49. The van der Waals surface area contributed by atoms with E-state index in [1.54, 1.807) is 6.07 Å². The minimum absolute atomic E-state index is 0.0111. The van der Waals surface area contributed by atoms with E-state index in [1.807, 2.05) is 55.4 Å². The van der Waals surface area contributed by atoms with Crippen LogP contribution >= 0.6 is 0 Å². The Morgan fingerprint density at radius 2 is 1.41 bits per heavy atom. The number of pyridine rings is 1. The molecule has 1 aromatic heterocycles. The van der Waals surface area contributed by atoms with Crippen molar-refractivity contribution >= 4 is 73.0 Å². The number of rotatable bonds is 18. The number of likely N-dealkylation sites (tertiary alicyclic amines) is 1. The van der Waals surface area contributed by atoms with Crippen molar-refractivity contribution in [3.8, 4) is 0 Å². The quantitative estimate of drug-likeness (QED) is 0.0708. The summed E-state index contributed by atoms with van der Waals surface area (Å²) in [5.41, 5.74) is 1.75. The van der Waals surface area contributed by atoms with Crippen molar-refractivity contribution in [2.24, 2.45) is 0 Å². The number of hydrogen-bond donors (Lipinski definition) is 2. The fraction of sp³-hybridized carbons (Fsp3) is 0.476. The number of allylic oxidation sites excluding steroid dienone is 4. The van der Waals surface area contributed by atoms with Gasteiger partial charge in [-0.1, -0.05) is 19.9 Å².